The van der Waals surface area contributed by atoms with Gasteiger partial charge >= 0.3 is 0 Å². The fraction of sp³-hybridized carbons (Fsp3) is 0.385. The maximum Gasteiger partial charge on any atom is 0.241 e. The van der Waals surface area contributed by atoms with Crippen LogP contribution in [0.15, 0.2) is 24.3 Å². The minimum absolute atomic E-state index is 0.0231. The molecule has 0 bridgehead atoms. The molecular formula is C13H15N3O. The summed E-state index contributed by atoms with van der Waals surface area (Å²) in [5.74, 6) is 0.333. The molecule has 0 aliphatic carbocycles. The predicted octanol–water partition coefficient (Wildman–Crippen LogP) is 1.49. The van der Waals surface area contributed by atoms with Gasteiger partial charge in [0.1, 0.15) is 0 Å². The van der Waals surface area contributed by atoms with E-state index < -0.39 is 0 Å². The maximum atomic E-state index is 12.0. The molecule has 1 amide bonds. The average Bonchev–Trinajstić information content (AvgIpc) is 2.76. The first-order valence-corrected chi connectivity index (χ1v) is 5.75. The number of nitrogens with one attached hydrogen (secondary N) is 2. The molecule has 1 aromatic carbocycles. The Bertz CT molecular complexity index is 464. The van der Waals surface area contributed by atoms with Gasteiger partial charge in [0, 0.05) is 5.69 Å². The smallest absolute Gasteiger partial charge is 0.241 e. The molecule has 1 aliphatic heterocycles. The lowest BCUT2D eigenvalue weighted by Gasteiger charge is -2.15. The fourth-order valence-electron chi connectivity index (χ4n) is 2.07. The van der Waals surface area contributed by atoms with Crippen LogP contribution in [0.2, 0.25) is 0 Å². The van der Waals surface area contributed by atoms with Gasteiger partial charge in [-0.3, -0.25) is 4.79 Å². The van der Waals surface area contributed by atoms with Crippen LogP contribution in [0, 0.1) is 17.2 Å². The first kappa shape index (κ1) is 11.6. The molecule has 1 saturated heterocycles. The van der Waals surface area contributed by atoms with Gasteiger partial charge in [0.15, 0.2) is 0 Å². The summed E-state index contributed by atoms with van der Waals surface area (Å²) in [6.07, 6.45) is 1.02. The Morgan fingerprint density at radius 3 is 3.06 bits per heavy atom. The third-order valence-corrected chi connectivity index (χ3v) is 3.07. The highest BCUT2D eigenvalue weighted by Gasteiger charge is 2.29. The Morgan fingerprint density at radius 1 is 1.59 bits per heavy atom. The van der Waals surface area contributed by atoms with Crippen molar-refractivity contribution >= 4 is 11.6 Å². The quantitative estimate of drug-likeness (QED) is 0.807. The SMILES string of the molecule is CC1CCNC1C(=O)Nc1cccc(C#N)c1. The van der Waals surface area contributed by atoms with Gasteiger partial charge in [-0.15, -0.1) is 0 Å². The van der Waals surface area contributed by atoms with Gasteiger partial charge in [-0.1, -0.05) is 13.0 Å². The van der Waals surface area contributed by atoms with Crippen LogP contribution in [0.25, 0.3) is 0 Å². The van der Waals surface area contributed by atoms with E-state index in [4.69, 9.17) is 5.26 Å². The van der Waals surface area contributed by atoms with Crippen LogP contribution >= 0.6 is 0 Å². The molecule has 2 atom stereocenters. The lowest BCUT2D eigenvalue weighted by molar-refractivity contribution is -0.118. The Balaban J connectivity index is 2.05. The second kappa shape index (κ2) is 4.98. The number of carbonyl (C=O) groups excluding carboxylic acids is 1. The first-order valence-electron chi connectivity index (χ1n) is 5.75. The number of rotatable bonds is 2. The van der Waals surface area contributed by atoms with Crippen LogP contribution < -0.4 is 10.6 Å². The van der Waals surface area contributed by atoms with E-state index in [9.17, 15) is 4.79 Å². The number of amides is 1. The molecule has 88 valence electrons. The molecule has 4 nitrogen and oxygen atoms in total. The van der Waals surface area contributed by atoms with Gasteiger partial charge in [-0.2, -0.15) is 5.26 Å². The molecule has 4 heteroatoms. The van der Waals surface area contributed by atoms with Gasteiger partial charge in [0.2, 0.25) is 5.91 Å². The summed E-state index contributed by atoms with van der Waals surface area (Å²) < 4.78 is 0. The standard InChI is InChI=1S/C13H15N3O/c1-9-5-6-15-12(9)13(17)16-11-4-2-3-10(7-11)8-14/h2-4,7,9,12,15H,5-6H2,1H3,(H,16,17). The van der Waals surface area contributed by atoms with Crippen molar-refractivity contribution in [2.45, 2.75) is 19.4 Å². The minimum Gasteiger partial charge on any atom is -0.325 e. The lowest BCUT2D eigenvalue weighted by Crippen LogP contribution is -2.39. The van der Waals surface area contributed by atoms with Gasteiger partial charge in [0.25, 0.3) is 0 Å². The normalized spacial score (nSPS) is 23.1. The summed E-state index contributed by atoms with van der Waals surface area (Å²) in [5, 5.41) is 14.8. The van der Waals surface area contributed by atoms with Gasteiger partial charge < -0.3 is 10.6 Å². The second-order valence-electron chi connectivity index (χ2n) is 4.38. The molecule has 0 radical (unpaired) electrons. The van der Waals surface area contributed by atoms with Crippen molar-refractivity contribution in [3.05, 3.63) is 29.8 Å². The zero-order valence-corrected chi connectivity index (χ0v) is 9.73. The molecule has 2 unspecified atom stereocenters. The summed E-state index contributed by atoms with van der Waals surface area (Å²) in [5.41, 5.74) is 1.23. The van der Waals surface area contributed by atoms with E-state index in [1.54, 1.807) is 24.3 Å². The molecule has 1 aromatic rings. The number of nitrogens with zero attached hydrogens (tertiary/aromatic N) is 1. The molecule has 0 saturated carbocycles. The van der Waals surface area contributed by atoms with Crippen LogP contribution in [0.4, 0.5) is 5.69 Å². The van der Waals surface area contributed by atoms with Crippen LogP contribution in [0.1, 0.15) is 18.9 Å². The number of hydrogen-bond donors (Lipinski definition) is 2. The number of hydrogen-bond acceptors (Lipinski definition) is 3. The van der Waals surface area contributed by atoms with Crippen LogP contribution in [-0.4, -0.2) is 18.5 Å². The van der Waals surface area contributed by atoms with E-state index in [2.05, 4.69) is 23.6 Å². The van der Waals surface area contributed by atoms with Gasteiger partial charge in [-0.05, 0) is 37.1 Å². The Labute approximate surface area is 101 Å². The molecule has 0 aromatic heterocycles. The number of anilines is 1. The van der Waals surface area contributed by atoms with E-state index in [-0.39, 0.29) is 11.9 Å². The number of carbonyl (C=O) groups is 1. The van der Waals surface area contributed by atoms with Crippen molar-refractivity contribution in [3.8, 4) is 6.07 Å². The number of benzene rings is 1. The Hall–Kier alpha value is -1.86. The van der Waals surface area contributed by atoms with E-state index in [0.29, 0.717) is 17.2 Å². The highest BCUT2D eigenvalue weighted by Crippen LogP contribution is 2.17. The van der Waals surface area contributed by atoms with E-state index in [0.717, 1.165) is 13.0 Å². The molecule has 1 aliphatic rings. The summed E-state index contributed by atoms with van der Waals surface area (Å²) in [7, 11) is 0. The van der Waals surface area contributed by atoms with Crippen molar-refractivity contribution in [2.24, 2.45) is 5.92 Å². The van der Waals surface area contributed by atoms with Crippen LogP contribution in [-0.2, 0) is 4.79 Å². The Morgan fingerprint density at radius 2 is 2.41 bits per heavy atom. The minimum atomic E-state index is -0.124. The summed E-state index contributed by atoms with van der Waals surface area (Å²) >= 11 is 0. The molecule has 2 N–H and O–H groups in total. The molecular weight excluding hydrogens is 214 g/mol. The third-order valence-electron chi connectivity index (χ3n) is 3.07. The van der Waals surface area contributed by atoms with E-state index in [1.807, 2.05) is 0 Å². The average molecular weight is 229 g/mol. The molecule has 2 rings (SSSR count). The second-order valence-corrected chi connectivity index (χ2v) is 4.38. The zero-order valence-electron chi connectivity index (χ0n) is 9.73. The monoisotopic (exact) mass is 229 g/mol. The molecule has 17 heavy (non-hydrogen) atoms. The highest BCUT2D eigenvalue weighted by atomic mass is 16.2. The third kappa shape index (κ3) is 2.63. The molecule has 1 heterocycles. The molecule has 1 fully saturated rings. The van der Waals surface area contributed by atoms with E-state index in [1.165, 1.54) is 0 Å². The maximum absolute atomic E-state index is 12.0. The van der Waals surface area contributed by atoms with Crippen LogP contribution in [0.5, 0.6) is 0 Å². The summed E-state index contributed by atoms with van der Waals surface area (Å²) in [4.78, 5) is 12.0. The number of nitriles is 1. The summed E-state index contributed by atoms with van der Waals surface area (Å²) in [6.45, 7) is 2.95. The zero-order chi connectivity index (χ0) is 12.3. The molecule has 0 spiro atoms. The highest BCUT2D eigenvalue weighted by molar-refractivity contribution is 5.95. The van der Waals surface area contributed by atoms with Gasteiger partial charge in [-0.25, -0.2) is 0 Å². The van der Waals surface area contributed by atoms with E-state index >= 15 is 0 Å². The first-order chi connectivity index (χ1) is 8.20. The predicted molar refractivity (Wildman–Crippen MR) is 65.4 cm³/mol. The summed E-state index contributed by atoms with van der Waals surface area (Å²) in [6, 6.07) is 8.87. The van der Waals surface area contributed by atoms with Crippen LogP contribution in [0.3, 0.4) is 0 Å². The fourth-order valence-corrected chi connectivity index (χ4v) is 2.07. The van der Waals surface area contributed by atoms with Crippen molar-refractivity contribution < 1.29 is 4.79 Å². The van der Waals surface area contributed by atoms with Crippen molar-refractivity contribution in [1.82, 2.24) is 5.32 Å². The van der Waals surface area contributed by atoms with Crippen molar-refractivity contribution in [2.75, 3.05) is 11.9 Å². The largest absolute Gasteiger partial charge is 0.325 e. The van der Waals surface area contributed by atoms with Crippen molar-refractivity contribution in [1.29, 1.82) is 5.26 Å². The topological polar surface area (TPSA) is 64.9 Å². The van der Waals surface area contributed by atoms with Gasteiger partial charge in [0.05, 0.1) is 17.7 Å². The lowest BCUT2D eigenvalue weighted by atomic mass is 10.0. The van der Waals surface area contributed by atoms with Crippen molar-refractivity contribution in [3.63, 3.8) is 0 Å². The Kier molecular flexibility index (Phi) is 3.40.